The first-order valence-electron chi connectivity index (χ1n) is 4.95. The van der Waals surface area contributed by atoms with Gasteiger partial charge in [-0.3, -0.25) is 0 Å². The summed E-state index contributed by atoms with van der Waals surface area (Å²) in [6.45, 7) is 2.23. The largest absolute Gasteiger partial charge is 0.396 e. The summed E-state index contributed by atoms with van der Waals surface area (Å²) in [7, 11) is 0. The first-order valence-corrected chi connectivity index (χ1v) is 6.72. The van der Waals surface area contributed by atoms with E-state index in [2.05, 4.69) is 5.32 Å². The van der Waals surface area contributed by atoms with E-state index in [1.54, 1.807) is 24.8 Å². The van der Waals surface area contributed by atoms with Gasteiger partial charge in [-0.15, -0.1) is 0 Å². The second kappa shape index (κ2) is 5.66. The van der Waals surface area contributed by atoms with Crippen molar-refractivity contribution < 1.29 is 5.11 Å². The highest BCUT2D eigenvalue weighted by molar-refractivity contribution is 7.98. The monoisotopic (exact) mass is 260 g/mol. The van der Waals surface area contributed by atoms with E-state index >= 15 is 0 Å². The van der Waals surface area contributed by atoms with Gasteiger partial charge >= 0.3 is 0 Å². The summed E-state index contributed by atoms with van der Waals surface area (Å²) >= 11 is 7.50. The minimum absolute atomic E-state index is 0.443. The summed E-state index contributed by atoms with van der Waals surface area (Å²) in [6.07, 6.45) is 1.96. The molecule has 4 N–H and O–H groups in total. The number of para-hydroxylation sites is 1. The molecule has 1 rings (SSSR count). The molecule has 0 saturated carbocycles. The molecule has 0 amide bonds. The van der Waals surface area contributed by atoms with Crippen molar-refractivity contribution in [3.05, 3.63) is 23.2 Å². The molecule has 1 aromatic carbocycles. The van der Waals surface area contributed by atoms with Gasteiger partial charge in [0, 0.05) is 12.3 Å². The maximum Gasteiger partial charge on any atom is 0.0881 e. The molecule has 0 aliphatic rings. The van der Waals surface area contributed by atoms with E-state index in [9.17, 15) is 5.11 Å². The van der Waals surface area contributed by atoms with Crippen LogP contribution in [0, 0.1) is 0 Å². The molecule has 1 unspecified atom stereocenters. The highest BCUT2D eigenvalue weighted by Gasteiger charge is 2.19. The van der Waals surface area contributed by atoms with Gasteiger partial charge in [0.15, 0.2) is 0 Å². The predicted octanol–water partition coefficient (Wildman–Crippen LogP) is 2.45. The van der Waals surface area contributed by atoms with E-state index in [0.717, 1.165) is 5.69 Å². The molecule has 16 heavy (non-hydrogen) atoms. The number of thioether (sulfide) groups is 1. The van der Waals surface area contributed by atoms with Crippen LogP contribution in [-0.2, 0) is 0 Å². The van der Waals surface area contributed by atoms with Gasteiger partial charge in [-0.05, 0) is 25.3 Å². The molecule has 1 atom stereocenters. The van der Waals surface area contributed by atoms with E-state index < -0.39 is 5.60 Å². The Bertz CT molecular complexity index is 358. The highest BCUT2D eigenvalue weighted by Crippen LogP contribution is 2.27. The van der Waals surface area contributed by atoms with Crippen molar-refractivity contribution in [1.82, 2.24) is 0 Å². The van der Waals surface area contributed by atoms with Crippen molar-refractivity contribution in [1.29, 1.82) is 0 Å². The van der Waals surface area contributed by atoms with Gasteiger partial charge in [0.1, 0.15) is 0 Å². The van der Waals surface area contributed by atoms with E-state index in [0.29, 0.717) is 23.0 Å². The molecule has 0 saturated heterocycles. The molecule has 0 fully saturated rings. The molecule has 0 bridgehead atoms. The Labute approximate surface area is 105 Å². The lowest BCUT2D eigenvalue weighted by atomic mass is 10.1. The van der Waals surface area contributed by atoms with Crippen LogP contribution in [0.4, 0.5) is 11.4 Å². The van der Waals surface area contributed by atoms with E-state index in [-0.39, 0.29) is 0 Å². The lowest BCUT2D eigenvalue weighted by Gasteiger charge is -2.23. The molecule has 0 radical (unpaired) electrons. The van der Waals surface area contributed by atoms with Gasteiger partial charge in [0.25, 0.3) is 0 Å². The number of nitrogen functional groups attached to an aromatic ring is 1. The molecule has 0 heterocycles. The summed E-state index contributed by atoms with van der Waals surface area (Å²) in [6, 6.07) is 5.41. The Morgan fingerprint density at radius 2 is 2.25 bits per heavy atom. The van der Waals surface area contributed by atoms with Crippen molar-refractivity contribution in [2.24, 2.45) is 0 Å². The predicted molar refractivity (Wildman–Crippen MR) is 73.4 cm³/mol. The summed E-state index contributed by atoms with van der Waals surface area (Å²) in [5.41, 5.74) is 6.32. The van der Waals surface area contributed by atoms with Crippen molar-refractivity contribution in [2.45, 2.75) is 12.5 Å². The molecule has 5 heteroatoms. The van der Waals surface area contributed by atoms with Crippen LogP contribution in [0.1, 0.15) is 6.92 Å². The van der Waals surface area contributed by atoms with Crippen molar-refractivity contribution in [3.63, 3.8) is 0 Å². The second-order valence-corrected chi connectivity index (χ2v) is 5.26. The third-order valence-corrected chi connectivity index (χ3v) is 3.41. The standard InChI is InChI=1S/C11H17ClN2OS/c1-11(15,7-16-2)6-14-9-5-3-4-8(12)10(9)13/h3-5,14-15H,6-7,13H2,1-2H3. The topological polar surface area (TPSA) is 58.3 Å². The Hall–Kier alpha value is -0.580. The van der Waals surface area contributed by atoms with Crippen LogP contribution in [0.2, 0.25) is 5.02 Å². The average Bonchev–Trinajstić information content (AvgIpc) is 2.20. The van der Waals surface area contributed by atoms with Gasteiger partial charge in [0.2, 0.25) is 0 Å². The van der Waals surface area contributed by atoms with Crippen LogP contribution in [0.3, 0.4) is 0 Å². The third kappa shape index (κ3) is 3.77. The van der Waals surface area contributed by atoms with E-state index in [1.807, 2.05) is 18.4 Å². The zero-order valence-electron chi connectivity index (χ0n) is 9.46. The normalized spacial score (nSPS) is 14.5. The van der Waals surface area contributed by atoms with Gasteiger partial charge in [0.05, 0.1) is 22.0 Å². The van der Waals surface area contributed by atoms with Crippen LogP contribution in [0.25, 0.3) is 0 Å². The van der Waals surface area contributed by atoms with Crippen LogP contribution in [-0.4, -0.2) is 29.3 Å². The smallest absolute Gasteiger partial charge is 0.0881 e. The lowest BCUT2D eigenvalue weighted by molar-refractivity contribution is 0.0997. The number of benzene rings is 1. The van der Waals surface area contributed by atoms with Gasteiger partial charge in [-0.25, -0.2) is 0 Å². The summed E-state index contributed by atoms with van der Waals surface area (Å²) in [4.78, 5) is 0. The molecule has 90 valence electrons. The summed E-state index contributed by atoms with van der Waals surface area (Å²) in [5, 5.41) is 13.6. The number of halogens is 1. The highest BCUT2D eigenvalue weighted by atomic mass is 35.5. The van der Waals surface area contributed by atoms with Crippen molar-refractivity contribution in [3.8, 4) is 0 Å². The number of anilines is 2. The maximum atomic E-state index is 9.98. The fraction of sp³-hybridized carbons (Fsp3) is 0.455. The molecule has 0 aliphatic carbocycles. The summed E-state index contributed by atoms with van der Waals surface area (Å²) in [5.74, 6) is 0.667. The van der Waals surface area contributed by atoms with E-state index in [4.69, 9.17) is 17.3 Å². The maximum absolute atomic E-state index is 9.98. The number of aliphatic hydroxyl groups is 1. The molecular weight excluding hydrogens is 244 g/mol. The number of rotatable bonds is 5. The van der Waals surface area contributed by atoms with Crippen LogP contribution < -0.4 is 11.1 Å². The number of hydrogen-bond acceptors (Lipinski definition) is 4. The van der Waals surface area contributed by atoms with Gasteiger partial charge < -0.3 is 16.2 Å². The lowest BCUT2D eigenvalue weighted by Crippen LogP contribution is -2.36. The van der Waals surface area contributed by atoms with Crippen LogP contribution >= 0.6 is 23.4 Å². The zero-order valence-corrected chi connectivity index (χ0v) is 11.0. The fourth-order valence-electron chi connectivity index (χ4n) is 1.34. The van der Waals surface area contributed by atoms with Gasteiger partial charge in [-0.1, -0.05) is 17.7 Å². The first kappa shape index (κ1) is 13.5. The quantitative estimate of drug-likeness (QED) is 0.712. The number of nitrogens with two attached hydrogens (primary N) is 1. The van der Waals surface area contributed by atoms with Crippen molar-refractivity contribution >= 4 is 34.7 Å². The molecule has 1 aromatic rings. The average molecular weight is 261 g/mol. The molecule has 0 aliphatic heterocycles. The Kier molecular flexibility index (Phi) is 4.77. The Morgan fingerprint density at radius 3 is 2.88 bits per heavy atom. The molecule has 0 aromatic heterocycles. The number of hydrogen-bond donors (Lipinski definition) is 3. The second-order valence-electron chi connectivity index (χ2n) is 3.98. The molecule has 3 nitrogen and oxygen atoms in total. The minimum Gasteiger partial charge on any atom is -0.396 e. The SMILES string of the molecule is CSCC(C)(O)CNc1cccc(Cl)c1N. The van der Waals surface area contributed by atoms with Crippen molar-refractivity contribution in [2.75, 3.05) is 29.6 Å². The van der Waals surface area contributed by atoms with Crippen LogP contribution in [0.5, 0.6) is 0 Å². The molecule has 0 spiro atoms. The van der Waals surface area contributed by atoms with E-state index in [1.165, 1.54) is 0 Å². The number of nitrogens with one attached hydrogen (secondary N) is 1. The van der Waals surface area contributed by atoms with Gasteiger partial charge in [-0.2, -0.15) is 11.8 Å². The minimum atomic E-state index is -0.756. The third-order valence-electron chi connectivity index (χ3n) is 2.17. The fourth-order valence-corrected chi connectivity index (χ4v) is 2.24. The van der Waals surface area contributed by atoms with Crippen LogP contribution in [0.15, 0.2) is 18.2 Å². The zero-order chi connectivity index (χ0) is 12.2. The summed E-state index contributed by atoms with van der Waals surface area (Å²) < 4.78 is 0. The Morgan fingerprint density at radius 1 is 1.56 bits per heavy atom. The molecular formula is C11H17ClN2OS. The Balaban J connectivity index is 2.64. The first-order chi connectivity index (χ1) is 7.46.